The monoisotopic (exact) mass is 429 g/mol. The molecule has 2 aliphatic rings. The number of aliphatic imine (C=N–C) groups is 1. The minimum Gasteiger partial charge on any atom is -0.489 e. The Kier molecular flexibility index (Phi) is 4.91. The number of hydrogen-bond acceptors (Lipinski definition) is 5. The average Bonchev–Trinajstić information content (AvgIpc) is 2.91. The molecule has 1 spiro atoms. The first-order valence-corrected chi connectivity index (χ1v) is 10.0. The molecule has 31 heavy (non-hydrogen) atoms. The lowest BCUT2D eigenvalue weighted by molar-refractivity contribution is -0.133. The van der Waals surface area contributed by atoms with Crippen molar-refractivity contribution in [2.45, 2.75) is 45.4 Å². The third-order valence-corrected chi connectivity index (χ3v) is 5.84. The van der Waals surface area contributed by atoms with Gasteiger partial charge in [0.15, 0.2) is 11.5 Å². The van der Waals surface area contributed by atoms with Crippen molar-refractivity contribution >= 4 is 11.9 Å². The normalized spacial score (nSPS) is 23.1. The van der Waals surface area contributed by atoms with Crippen LogP contribution in [0.15, 0.2) is 47.5 Å². The summed E-state index contributed by atoms with van der Waals surface area (Å²) in [6.45, 7) is 3.24. The number of likely N-dealkylation sites (N-methyl/N-ethyl adjacent to an activating group) is 1. The molecule has 4 rings (SSSR count). The maximum absolute atomic E-state index is 13.3. The van der Waals surface area contributed by atoms with Gasteiger partial charge in [-0.3, -0.25) is 9.69 Å². The van der Waals surface area contributed by atoms with Gasteiger partial charge in [0.2, 0.25) is 0 Å². The van der Waals surface area contributed by atoms with Crippen LogP contribution in [-0.4, -0.2) is 36.5 Å². The van der Waals surface area contributed by atoms with Gasteiger partial charge in [-0.15, -0.1) is 0 Å². The molecule has 0 unspecified atom stereocenters. The minimum absolute atomic E-state index is 0.0583. The molecule has 0 fully saturated rings. The summed E-state index contributed by atoms with van der Waals surface area (Å²) in [6.07, 6.45) is 0.103. The molecule has 0 bridgehead atoms. The van der Waals surface area contributed by atoms with Crippen LogP contribution in [0.4, 0.5) is 8.78 Å². The number of rotatable bonds is 3. The first-order chi connectivity index (χ1) is 14.5. The molecular formula is C23H25F2N3O3. The van der Waals surface area contributed by atoms with Gasteiger partial charge in [-0.2, -0.15) is 8.78 Å². The predicted octanol–water partition coefficient (Wildman–Crippen LogP) is 4.13. The molecule has 0 radical (unpaired) electrons. The van der Waals surface area contributed by atoms with E-state index in [4.69, 9.17) is 10.5 Å². The van der Waals surface area contributed by atoms with E-state index in [1.54, 1.807) is 25.2 Å². The van der Waals surface area contributed by atoms with Crippen LogP contribution in [0.3, 0.4) is 0 Å². The second-order valence-electron chi connectivity index (χ2n) is 8.99. The highest BCUT2D eigenvalue weighted by Crippen LogP contribution is 2.49. The number of carbonyl (C=O) groups excluding carboxylic acids is 1. The van der Waals surface area contributed by atoms with Crippen molar-refractivity contribution in [3.05, 3.63) is 48.0 Å². The zero-order valence-corrected chi connectivity index (χ0v) is 17.9. The highest BCUT2D eigenvalue weighted by Gasteiger charge is 2.55. The molecule has 0 saturated carbocycles. The lowest BCUT2D eigenvalue weighted by Gasteiger charge is -2.42. The summed E-state index contributed by atoms with van der Waals surface area (Å²) in [5.41, 5.74) is 6.63. The SMILES string of the molecule is CN1C(=O)[C@]2(C[C@H](C(C)(C)C)Oc3ccc(-c4cccc(OC(F)F)c4)cc32)N=C1N. The van der Waals surface area contributed by atoms with Crippen molar-refractivity contribution in [2.75, 3.05) is 7.05 Å². The Morgan fingerprint density at radius 1 is 1.23 bits per heavy atom. The van der Waals surface area contributed by atoms with Gasteiger partial charge < -0.3 is 15.2 Å². The van der Waals surface area contributed by atoms with Crippen LogP contribution in [0, 0.1) is 5.41 Å². The fraction of sp³-hybridized carbons (Fsp3) is 0.391. The first kappa shape index (κ1) is 21.1. The van der Waals surface area contributed by atoms with Crippen molar-refractivity contribution in [1.82, 2.24) is 4.90 Å². The summed E-state index contributed by atoms with van der Waals surface area (Å²) in [6, 6.07) is 11.9. The lowest BCUT2D eigenvalue weighted by atomic mass is 9.74. The van der Waals surface area contributed by atoms with E-state index in [1.165, 1.54) is 17.0 Å². The van der Waals surface area contributed by atoms with Gasteiger partial charge in [0, 0.05) is 19.0 Å². The Bertz CT molecular complexity index is 1060. The molecule has 2 aliphatic heterocycles. The summed E-state index contributed by atoms with van der Waals surface area (Å²) < 4.78 is 36.0. The smallest absolute Gasteiger partial charge is 0.387 e. The number of ether oxygens (including phenoxy) is 2. The number of carbonyl (C=O) groups is 1. The molecule has 8 heteroatoms. The average molecular weight is 429 g/mol. The molecular weight excluding hydrogens is 404 g/mol. The Labute approximate surface area is 179 Å². The summed E-state index contributed by atoms with van der Waals surface area (Å²) in [4.78, 5) is 19.3. The number of benzene rings is 2. The molecule has 2 aromatic rings. The third kappa shape index (κ3) is 3.60. The second-order valence-corrected chi connectivity index (χ2v) is 8.99. The van der Waals surface area contributed by atoms with Crippen LogP contribution >= 0.6 is 0 Å². The molecule has 6 nitrogen and oxygen atoms in total. The van der Waals surface area contributed by atoms with Gasteiger partial charge in [-0.05, 0) is 40.8 Å². The number of nitrogens with zero attached hydrogens (tertiary/aromatic N) is 2. The minimum atomic E-state index is -2.91. The molecule has 1 amide bonds. The van der Waals surface area contributed by atoms with Crippen LogP contribution in [-0.2, 0) is 10.3 Å². The number of hydrogen-bond donors (Lipinski definition) is 1. The van der Waals surface area contributed by atoms with Gasteiger partial charge in [0.25, 0.3) is 5.91 Å². The molecule has 164 valence electrons. The van der Waals surface area contributed by atoms with Crippen LogP contribution in [0.5, 0.6) is 11.5 Å². The summed E-state index contributed by atoms with van der Waals surface area (Å²) in [7, 11) is 1.60. The first-order valence-electron chi connectivity index (χ1n) is 10.0. The molecule has 0 aliphatic carbocycles. The fourth-order valence-electron chi connectivity index (χ4n) is 4.05. The Morgan fingerprint density at radius 2 is 1.94 bits per heavy atom. The zero-order valence-electron chi connectivity index (χ0n) is 17.9. The van der Waals surface area contributed by atoms with Crippen molar-refractivity contribution in [3.8, 4) is 22.6 Å². The van der Waals surface area contributed by atoms with E-state index in [0.29, 0.717) is 23.3 Å². The number of halogens is 2. The number of nitrogens with two attached hydrogens (primary N) is 1. The highest BCUT2D eigenvalue weighted by atomic mass is 19.3. The van der Waals surface area contributed by atoms with E-state index in [9.17, 15) is 13.6 Å². The number of guanidine groups is 1. The zero-order chi connectivity index (χ0) is 22.6. The van der Waals surface area contributed by atoms with E-state index in [-0.39, 0.29) is 29.1 Å². The topological polar surface area (TPSA) is 77.2 Å². The maximum Gasteiger partial charge on any atom is 0.387 e. The molecule has 2 N–H and O–H groups in total. The molecule has 2 heterocycles. The Balaban J connectivity index is 1.84. The van der Waals surface area contributed by atoms with Gasteiger partial charge in [-0.1, -0.05) is 39.0 Å². The van der Waals surface area contributed by atoms with E-state index in [1.807, 2.05) is 12.1 Å². The van der Waals surface area contributed by atoms with Gasteiger partial charge in [-0.25, -0.2) is 4.99 Å². The summed E-state index contributed by atoms with van der Waals surface area (Å²) in [5, 5.41) is 0. The van der Waals surface area contributed by atoms with Crippen molar-refractivity contribution in [1.29, 1.82) is 0 Å². The van der Waals surface area contributed by atoms with E-state index >= 15 is 0 Å². The number of fused-ring (bicyclic) bond motifs is 2. The van der Waals surface area contributed by atoms with Crippen molar-refractivity contribution in [3.63, 3.8) is 0 Å². The molecule has 2 atom stereocenters. The Morgan fingerprint density at radius 3 is 2.55 bits per heavy atom. The van der Waals surface area contributed by atoms with E-state index in [2.05, 4.69) is 30.5 Å². The summed E-state index contributed by atoms with van der Waals surface area (Å²) >= 11 is 0. The van der Waals surface area contributed by atoms with Crippen molar-refractivity contribution in [2.24, 2.45) is 16.1 Å². The maximum atomic E-state index is 13.3. The number of alkyl halides is 2. The highest BCUT2D eigenvalue weighted by molar-refractivity contribution is 6.07. The van der Waals surface area contributed by atoms with Crippen LogP contribution in [0.1, 0.15) is 32.8 Å². The van der Waals surface area contributed by atoms with Crippen LogP contribution in [0.25, 0.3) is 11.1 Å². The second kappa shape index (κ2) is 7.21. The third-order valence-electron chi connectivity index (χ3n) is 5.84. The predicted molar refractivity (Wildman–Crippen MR) is 113 cm³/mol. The molecule has 0 saturated heterocycles. The number of amides is 1. The lowest BCUT2D eigenvalue weighted by Crippen LogP contribution is -2.48. The standard InChI is InChI=1S/C23H25F2N3O3/c1-22(2,3)18-12-23(19(29)28(4)21(26)27-23)16-11-14(8-9-17(16)31-18)13-6-5-7-15(10-13)30-20(24)25/h5-11,18,20H,12H2,1-4H3,(H2,26,27)/t18-,23-/m1/s1. The fourth-order valence-corrected chi connectivity index (χ4v) is 4.05. The Hall–Kier alpha value is -3.16. The van der Waals surface area contributed by atoms with Gasteiger partial charge >= 0.3 is 6.61 Å². The van der Waals surface area contributed by atoms with E-state index < -0.39 is 12.2 Å². The summed E-state index contributed by atoms with van der Waals surface area (Å²) in [5.74, 6) is 0.567. The van der Waals surface area contributed by atoms with Crippen molar-refractivity contribution < 1.29 is 23.0 Å². The van der Waals surface area contributed by atoms with Crippen LogP contribution < -0.4 is 15.2 Å². The molecule has 2 aromatic carbocycles. The molecule has 0 aromatic heterocycles. The van der Waals surface area contributed by atoms with E-state index in [0.717, 1.165) is 5.56 Å². The van der Waals surface area contributed by atoms with Gasteiger partial charge in [0.05, 0.1) is 0 Å². The van der Waals surface area contributed by atoms with Crippen LogP contribution in [0.2, 0.25) is 0 Å². The largest absolute Gasteiger partial charge is 0.489 e. The van der Waals surface area contributed by atoms with Gasteiger partial charge in [0.1, 0.15) is 17.6 Å². The quantitative estimate of drug-likeness (QED) is 0.796.